The molecule has 1 aromatic carbocycles. The summed E-state index contributed by atoms with van der Waals surface area (Å²) >= 11 is 0. The number of nitrogens with one attached hydrogen (secondary N) is 2. The third-order valence-electron chi connectivity index (χ3n) is 6.94. The molecule has 3 unspecified atom stereocenters. The molecule has 3 amide bonds. The van der Waals surface area contributed by atoms with Crippen LogP contribution in [0, 0.1) is 24.2 Å². The van der Waals surface area contributed by atoms with Gasteiger partial charge in [-0.25, -0.2) is 5.01 Å². The number of amides is 3. The van der Waals surface area contributed by atoms with Crippen molar-refractivity contribution in [3.8, 4) is 0 Å². The van der Waals surface area contributed by atoms with Gasteiger partial charge in [0.2, 0.25) is 11.8 Å². The van der Waals surface area contributed by atoms with E-state index in [1.165, 1.54) is 5.01 Å². The molecule has 2 N–H and O–H groups in total. The van der Waals surface area contributed by atoms with Crippen molar-refractivity contribution in [1.82, 2.24) is 10.7 Å². The Morgan fingerprint density at radius 2 is 1.91 bits per heavy atom. The van der Waals surface area contributed by atoms with Crippen LogP contribution < -0.4 is 15.8 Å². The van der Waals surface area contributed by atoms with Crippen LogP contribution in [0.15, 0.2) is 46.9 Å². The monoisotopic (exact) mass is 447 g/mol. The van der Waals surface area contributed by atoms with Gasteiger partial charge in [0.05, 0.1) is 23.6 Å². The van der Waals surface area contributed by atoms with E-state index in [1.807, 2.05) is 25.1 Å². The highest BCUT2D eigenvalue weighted by Gasteiger charge is 2.42. The van der Waals surface area contributed by atoms with E-state index in [0.717, 1.165) is 29.9 Å². The van der Waals surface area contributed by atoms with Crippen LogP contribution in [-0.2, 0) is 16.0 Å². The number of carbonyl (C=O) groups excluding carboxylic acids is 3. The summed E-state index contributed by atoms with van der Waals surface area (Å²) in [5.74, 6) is 0.550. The van der Waals surface area contributed by atoms with E-state index in [4.69, 9.17) is 4.42 Å². The minimum atomic E-state index is -0.367. The van der Waals surface area contributed by atoms with Gasteiger partial charge in [0.1, 0.15) is 11.5 Å². The third-order valence-corrected chi connectivity index (χ3v) is 6.94. The summed E-state index contributed by atoms with van der Waals surface area (Å²) in [5.41, 5.74) is 4.68. The molecule has 0 saturated carbocycles. The van der Waals surface area contributed by atoms with Crippen LogP contribution in [0.5, 0.6) is 0 Å². The Bertz CT molecular complexity index is 1160. The molecule has 1 aliphatic heterocycles. The van der Waals surface area contributed by atoms with Crippen LogP contribution in [0.25, 0.3) is 0 Å². The van der Waals surface area contributed by atoms with Crippen molar-refractivity contribution in [2.45, 2.75) is 52.5 Å². The van der Waals surface area contributed by atoms with E-state index in [9.17, 15) is 14.4 Å². The average molecular weight is 448 g/mol. The fourth-order valence-corrected chi connectivity index (χ4v) is 5.32. The number of allylic oxidation sites excluding steroid dienone is 2. The molecule has 2 aliphatic carbocycles. The van der Waals surface area contributed by atoms with Crippen molar-refractivity contribution >= 4 is 23.4 Å². The van der Waals surface area contributed by atoms with Gasteiger partial charge in [-0.1, -0.05) is 32.1 Å². The quantitative estimate of drug-likeness (QED) is 0.696. The zero-order valence-corrected chi connectivity index (χ0v) is 19.2. The lowest BCUT2D eigenvalue weighted by atomic mass is 9.74. The summed E-state index contributed by atoms with van der Waals surface area (Å²) in [4.78, 5) is 38.9. The molecule has 3 aliphatic rings. The average Bonchev–Trinajstić information content (AvgIpc) is 3.15. The van der Waals surface area contributed by atoms with Gasteiger partial charge >= 0.3 is 0 Å². The second-order valence-electron chi connectivity index (χ2n) is 10.2. The number of carbonyl (C=O) groups is 3. The number of benzene rings is 1. The predicted octanol–water partition coefficient (Wildman–Crippen LogP) is 3.99. The van der Waals surface area contributed by atoms with E-state index < -0.39 is 0 Å². The van der Waals surface area contributed by atoms with Gasteiger partial charge in [-0.2, -0.15) is 0 Å². The van der Waals surface area contributed by atoms with E-state index >= 15 is 0 Å². The maximum Gasteiger partial charge on any atom is 0.251 e. The van der Waals surface area contributed by atoms with Crippen molar-refractivity contribution < 1.29 is 18.8 Å². The van der Waals surface area contributed by atoms with E-state index in [2.05, 4.69) is 24.6 Å². The zero-order chi connectivity index (χ0) is 23.3. The maximum atomic E-state index is 13.2. The molecule has 7 nitrogen and oxygen atoms in total. The third kappa shape index (κ3) is 3.96. The van der Waals surface area contributed by atoms with Crippen molar-refractivity contribution in [3.05, 3.63) is 65.1 Å². The fraction of sp³-hybridized carbons (Fsp3) is 0.423. The fourth-order valence-electron chi connectivity index (χ4n) is 5.32. The highest BCUT2D eigenvalue weighted by atomic mass is 16.3. The van der Waals surface area contributed by atoms with Crippen LogP contribution in [0.4, 0.5) is 5.69 Å². The molecule has 2 aromatic rings. The van der Waals surface area contributed by atoms with Crippen molar-refractivity contribution in [2.24, 2.45) is 17.3 Å². The summed E-state index contributed by atoms with van der Waals surface area (Å²) in [5, 5.41) is 4.45. The minimum absolute atomic E-state index is 0.00652. The van der Waals surface area contributed by atoms with Crippen LogP contribution in [0.3, 0.4) is 0 Å². The van der Waals surface area contributed by atoms with Gasteiger partial charge in [-0.05, 0) is 55.9 Å². The summed E-state index contributed by atoms with van der Waals surface area (Å²) < 4.78 is 5.88. The first-order valence-electron chi connectivity index (χ1n) is 11.5. The molecular weight excluding hydrogens is 418 g/mol. The van der Waals surface area contributed by atoms with Gasteiger partial charge in [-0.15, -0.1) is 0 Å². The normalized spacial score (nSPS) is 25.8. The summed E-state index contributed by atoms with van der Waals surface area (Å²) in [6, 6.07) is 8.69. The molecule has 172 valence electrons. The number of fused-ring (bicyclic) bond motifs is 2. The lowest BCUT2D eigenvalue weighted by molar-refractivity contribution is -0.139. The molecule has 0 spiro atoms. The largest absolute Gasteiger partial charge is 0.466 e. The molecule has 5 rings (SSSR count). The van der Waals surface area contributed by atoms with Gasteiger partial charge in [0.25, 0.3) is 5.91 Å². The lowest BCUT2D eigenvalue weighted by Crippen LogP contribution is -2.59. The predicted molar refractivity (Wildman–Crippen MR) is 123 cm³/mol. The van der Waals surface area contributed by atoms with Crippen LogP contribution in [-0.4, -0.2) is 17.7 Å². The number of furan rings is 1. The number of nitrogens with zero attached hydrogens (tertiary/aromatic N) is 1. The Morgan fingerprint density at radius 1 is 1.15 bits per heavy atom. The summed E-state index contributed by atoms with van der Waals surface area (Å²) in [6.45, 7) is 6.27. The molecule has 33 heavy (non-hydrogen) atoms. The van der Waals surface area contributed by atoms with E-state index in [1.54, 1.807) is 24.3 Å². The van der Waals surface area contributed by atoms with Crippen molar-refractivity contribution in [3.63, 3.8) is 0 Å². The molecule has 3 atom stereocenters. The Kier molecular flexibility index (Phi) is 5.15. The maximum absolute atomic E-state index is 13.2. The minimum Gasteiger partial charge on any atom is -0.466 e. The van der Waals surface area contributed by atoms with Gasteiger partial charge in [0.15, 0.2) is 0 Å². The summed E-state index contributed by atoms with van der Waals surface area (Å²) in [7, 11) is 0. The van der Waals surface area contributed by atoms with Crippen LogP contribution in [0.2, 0.25) is 0 Å². The number of aryl methyl sites for hydroxylation is 1. The number of rotatable bonds is 3. The van der Waals surface area contributed by atoms with Gasteiger partial charge in [0, 0.05) is 17.5 Å². The molecule has 0 bridgehead atoms. The Balaban J connectivity index is 1.37. The number of hydrogen-bond donors (Lipinski definition) is 2. The number of anilines is 1. The van der Waals surface area contributed by atoms with Crippen molar-refractivity contribution in [1.29, 1.82) is 0 Å². The molecule has 1 aromatic heterocycles. The number of hydrogen-bond acceptors (Lipinski definition) is 4. The highest BCUT2D eigenvalue weighted by molar-refractivity contribution is 6.05. The Hall–Kier alpha value is -3.35. The number of hydrazine groups is 1. The van der Waals surface area contributed by atoms with Crippen LogP contribution in [0.1, 0.15) is 66.6 Å². The molecule has 1 fully saturated rings. The SMILES string of the molecule is Cc1cc2c(o1)CC(C)(C)CC2NC(=O)c1cccc(N2NC(=O)C3CC=CCC3C2=O)c1. The van der Waals surface area contributed by atoms with Crippen molar-refractivity contribution in [2.75, 3.05) is 5.01 Å². The van der Waals surface area contributed by atoms with Gasteiger partial charge in [-0.3, -0.25) is 19.8 Å². The molecule has 2 heterocycles. The van der Waals surface area contributed by atoms with E-state index in [-0.39, 0.29) is 41.0 Å². The topological polar surface area (TPSA) is 91.7 Å². The Morgan fingerprint density at radius 3 is 2.70 bits per heavy atom. The molecular formula is C26H29N3O4. The molecule has 7 heteroatoms. The summed E-state index contributed by atoms with van der Waals surface area (Å²) in [6.07, 6.45) is 6.68. The molecule has 1 saturated heterocycles. The Labute approximate surface area is 193 Å². The first-order valence-corrected chi connectivity index (χ1v) is 11.5. The second kappa shape index (κ2) is 7.90. The second-order valence-corrected chi connectivity index (χ2v) is 10.2. The lowest BCUT2D eigenvalue weighted by Gasteiger charge is -2.38. The standard InChI is InChI=1S/C26H29N3O4/c1-15-11-20-21(13-26(2,3)14-22(20)33-15)27-23(30)16-7-6-8-17(12-16)29-25(32)19-10-5-4-9-18(19)24(31)28-29/h4-8,11-12,18-19,21H,9-10,13-14H2,1-3H3,(H,27,30)(H,28,31). The van der Waals surface area contributed by atoms with Crippen LogP contribution >= 0.6 is 0 Å². The van der Waals surface area contributed by atoms with Gasteiger partial charge < -0.3 is 9.73 Å². The first-order chi connectivity index (χ1) is 15.7. The highest BCUT2D eigenvalue weighted by Crippen LogP contribution is 2.42. The first kappa shape index (κ1) is 21.5. The van der Waals surface area contributed by atoms with E-state index in [0.29, 0.717) is 24.1 Å². The smallest absolute Gasteiger partial charge is 0.251 e. The zero-order valence-electron chi connectivity index (χ0n) is 19.2. The molecule has 0 radical (unpaired) electrons.